The van der Waals surface area contributed by atoms with Gasteiger partial charge in [-0.3, -0.25) is 0 Å². The first-order valence-corrected chi connectivity index (χ1v) is 5.66. The van der Waals surface area contributed by atoms with Gasteiger partial charge in [-0.05, 0) is 20.8 Å². The fourth-order valence-corrected chi connectivity index (χ4v) is 1.54. The van der Waals surface area contributed by atoms with Crippen LogP contribution >= 0.6 is 0 Å². The average Bonchev–Trinajstić information content (AvgIpc) is 2.25. The summed E-state index contributed by atoms with van der Waals surface area (Å²) in [6.07, 6.45) is 0. The maximum absolute atomic E-state index is 8.97. The normalized spacial score (nSPS) is 10.2. The molecule has 0 aliphatic carbocycles. The monoisotopic (exact) mass is 224 g/mol. The Morgan fingerprint density at radius 2 is 2.12 bits per heavy atom. The minimum atomic E-state index is 0.132. The van der Waals surface area contributed by atoms with Gasteiger partial charge in [-0.2, -0.15) is 0 Å². The van der Waals surface area contributed by atoms with Gasteiger partial charge in [-0.15, -0.1) is 0 Å². The molecular formula is C11H20N4O. The summed E-state index contributed by atoms with van der Waals surface area (Å²) < 4.78 is 0. The maximum atomic E-state index is 8.97. The molecule has 5 nitrogen and oxygen atoms in total. The van der Waals surface area contributed by atoms with Crippen LogP contribution in [0.25, 0.3) is 0 Å². The highest BCUT2D eigenvalue weighted by molar-refractivity contribution is 5.49. The second-order valence-electron chi connectivity index (χ2n) is 3.49. The predicted octanol–water partition coefficient (Wildman–Crippen LogP) is 1.04. The van der Waals surface area contributed by atoms with E-state index in [0.717, 1.165) is 30.5 Å². The summed E-state index contributed by atoms with van der Waals surface area (Å²) in [4.78, 5) is 10.7. The number of aromatic nitrogens is 2. The largest absolute Gasteiger partial charge is 0.395 e. The summed E-state index contributed by atoms with van der Waals surface area (Å²) in [5, 5.41) is 12.1. The number of anilines is 2. The van der Waals surface area contributed by atoms with E-state index in [4.69, 9.17) is 5.11 Å². The Bertz CT molecular complexity index is 330. The molecule has 0 saturated heterocycles. The number of aliphatic hydroxyl groups is 1. The topological polar surface area (TPSA) is 61.3 Å². The molecule has 0 atom stereocenters. The van der Waals surface area contributed by atoms with E-state index in [1.807, 2.05) is 31.7 Å². The van der Waals surface area contributed by atoms with Gasteiger partial charge < -0.3 is 15.3 Å². The summed E-state index contributed by atoms with van der Waals surface area (Å²) >= 11 is 0. The van der Waals surface area contributed by atoms with Gasteiger partial charge in [0.25, 0.3) is 0 Å². The molecule has 1 aromatic rings. The Balaban J connectivity index is 2.92. The molecule has 16 heavy (non-hydrogen) atoms. The van der Waals surface area contributed by atoms with Crippen LogP contribution in [0, 0.1) is 6.92 Å². The predicted molar refractivity (Wildman–Crippen MR) is 65.9 cm³/mol. The van der Waals surface area contributed by atoms with Crippen LogP contribution in [0.1, 0.15) is 19.7 Å². The molecule has 1 heterocycles. The van der Waals surface area contributed by atoms with Gasteiger partial charge >= 0.3 is 0 Å². The van der Waals surface area contributed by atoms with Crippen molar-refractivity contribution < 1.29 is 5.11 Å². The summed E-state index contributed by atoms with van der Waals surface area (Å²) in [6.45, 7) is 8.33. The molecule has 0 aliphatic rings. The van der Waals surface area contributed by atoms with E-state index >= 15 is 0 Å². The van der Waals surface area contributed by atoms with E-state index < -0.39 is 0 Å². The zero-order valence-corrected chi connectivity index (χ0v) is 10.2. The van der Waals surface area contributed by atoms with Crippen molar-refractivity contribution >= 4 is 11.6 Å². The SMILES string of the molecule is CCNc1cc(N(CC)CCO)nc(C)n1. The van der Waals surface area contributed by atoms with E-state index in [1.54, 1.807) is 0 Å². The lowest BCUT2D eigenvalue weighted by atomic mass is 10.4. The van der Waals surface area contributed by atoms with Crippen molar-refractivity contribution in [3.8, 4) is 0 Å². The smallest absolute Gasteiger partial charge is 0.134 e. The fourth-order valence-electron chi connectivity index (χ4n) is 1.54. The van der Waals surface area contributed by atoms with Crippen LogP contribution in [0.2, 0.25) is 0 Å². The molecule has 90 valence electrons. The van der Waals surface area contributed by atoms with Crippen LogP contribution in [-0.4, -0.2) is 41.3 Å². The van der Waals surface area contributed by atoms with Crippen LogP contribution in [0.5, 0.6) is 0 Å². The minimum Gasteiger partial charge on any atom is -0.395 e. The number of rotatable bonds is 6. The highest BCUT2D eigenvalue weighted by Gasteiger charge is 2.07. The third-order valence-corrected chi connectivity index (χ3v) is 2.26. The molecule has 0 aliphatic heterocycles. The summed E-state index contributed by atoms with van der Waals surface area (Å²) in [7, 11) is 0. The lowest BCUT2D eigenvalue weighted by Crippen LogP contribution is -2.27. The molecule has 0 fully saturated rings. The number of nitrogens with one attached hydrogen (secondary N) is 1. The fraction of sp³-hybridized carbons (Fsp3) is 0.636. The Labute approximate surface area is 96.5 Å². The molecular weight excluding hydrogens is 204 g/mol. The van der Waals surface area contributed by atoms with Gasteiger partial charge in [0, 0.05) is 25.7 Å². The maximum Gasteiger partial charge on any atom is 0.134 e. The standard InChI is InChI=1S/C11H20N4O/c1-4-12-10-8-11(14-9(3)13-10)15(5-2)6-7-16/h8,16H,4-7H2,1-3H3,(H,12,13,14). The number of hydrogen-bond donors (Lipinski definition) is 2. The van der Waals surface area contributed by atoms with E-state index in [9.17, 15) is 0 Å². The Kier molecular flexibility index (Phi) is 4.98. The van der Waals surface area contributed by atoms with E-state index in [2.05, 4.69) is 15.3 Å². The number of nitrogens with zero attached hydrogens (tertiary/aromatic N) is 3. The first-order chi connectivity index (χ1) is 7.71. The summed E-state index contributed by atoms with van der Waals surface area (Å²) in [5.41, 5.74) is 0. The highest BCUT2D eigenvalue weighted by atomic mass is 16.3. The van der Waals surface area contributed by atoms with Crippen LogP contribution in [0.15, 0.2) is 6.07 Å². The van der Waals surface area contributed by atoms with Gasteiger partial charge in [-0.1, -0.05) is 0 Å². The zero-order valence-electron chi connectivity index (χ0n) is 10.2. The van der Waals surface area contributed by atoms with E-state index in [-0.39, 0.29) is 6.61 Å². The first kappa shape index (κ1) is 12.7. The third kappa shape index (κ3) is 3.34. The van der Waals surface area contributed by atoms with Gasteiger partial charge in [0.15, 0.2) is 0 Å². The lowest BCUT2D eigenvalue weighted by molar-refractivity contribution is 0.302. The van der Waals surface area contributed by atoms with Crippen LogP contribution < -0.4 is 10.2 Å². The van der Waals surface area contributed by atoms with Gasteiger partial charge in [-0.25, -0.2) is 9.97 Å². The van der Waals surface area contributed by atoms with E-state index in [1.165, 1.54) is 0 Å². The molecule has 1 aromatic heterocycles. The van der Waals surface area contributed by atoms with Crippen molar-refractivity contribution in [2.45, 2.75) is 20.8 Å². The number of aryl methyl sites for hydroxylation is 1. The number of likely N-dealkylation sites (N-methyl/N-ethyl adjacent to an activating group) is 1. The molecule has 0 unspecified atom stereocenters. The second-order valence-corrected chi connectivity index (χ2v) is 3.49. The van der Waals surface area contributed by atoms with E-state index in [0.29, 0.717) is 6.54 Å². The van der Waals surface area contributed by atoms with Crippen molar-refractivity contribution in [1.29, 1.82) is 0 Å². The molecule has 5 heteroatoms. The number of hydrogen-bond acceptors (Lipinski definition) is 5. The van der Waals surface area contributed by atoms with Crippen molar-refractivity contribution in [2.75, 3.05) is 36.5 Å². The molecule has 0 amide bonds. The first-order valence-electron chi connectivity index (χ1n) is 5.66. The Hall–Kier alpha value is -1.36. The molecule has 0 bridgehead atoms. The minimum absolute atomic E-state index is 0.132. The zero-order chi connectivity index (χ0) is 12.0. The van der Waals surface area contributed by atoms with Gasteiger partial charge in [0.05, 0.1) is 6.61 Å². The summed E-state index contributed by atoms with van der Waals surface area (Å²) in [5.74, 6) is 2.44. The van der Waals surface area contributed by atoms with Crippen LogP contribution in [-0.2, 0) is 0 Å². The van der Waals surface area contributed by atoms with Gasteiger partial charge in [0.1, 0.15) is 17.5 Å². The molecule has 0 saturated carbocycles. The average molecular weight is 224 g/mol. The second kappa shape index (κ2) is 6.27. The highest BCUT2D eigenvalue weighted by Crippen LogP contribution is 2.15. The van der Waals surface area contributed by atoms with Crippen molar-refractivity contribution in [2.24, 2.45) is 0 Å². The number of aliphatic hydroxyl groups excluding tert-OH is 1. The Morgan fingerprint density at radius 1 is 1.38 bits per heavy atom. The molecule has 1 rings (SSSR count). The molecule has 0 radical (unpaired) electrons. The quantitative estimate of drug-likeness (QED) is 0.756. The van der Waals surface area contributed by atoms with Crippen LogP contribution in [0.3, 0.4) is 0 Å². The molecule has 0 aromatic carbocycles. The van der Waals surface area contributed by atoms with Crippen molar-refractivity contribution in [3.63, 3.8) is 0 Å². The Morgan fingerprint density at radius 3 is 2.69 bits per heavy atom. The summed E-state index contributed by atoms with van der Waals surface area (Å²) in [6, 6.07) is 1.91. The lowest BCUT2D eigenvalue weighted by Gasteiger charge is -2.21. The third-order valence-electron chi connectivity index (χ3n) is 2.26. The van der Waals surface area contributed by atoms with Crippen molar-refractivity contribution in [1.82, 2.24) is 9.97 Å². The van der Waals surface area contributed by atoms with Gasteiger partial charge in [0.2, 0.25) is 0 Å². The molecule has 0 spiro atoms. The molecule has 2 N–H and O–H groups in total. The van der Waals surface area contributed by atoms with Crippen molar-refractivity contribution in [3.05, 3.63) is 11.9 Å². The van der Waals surface area contributed by atoms with Crippen LogP contribution in [0.4, 0.5) is 11.6 Å².